The molecule has 1 N–H and O–H groups in total. The Morgan fingerprint density at radius 1 is 1.60 bits per heavy atom. The third-order valence-electron chi connectivity index (χ3n) is 1.08. The third kappa shape index (κ3) is 7.56. The highest BCUT2D eigenvalue weighted by Crippen LogP contribution is 1.89. The first-order valence-electron chi connectivity index (χ1n) is 3.37. The molecule has 0 fully saturated rings. The van der Waals surface area contributed by atoms with E-state index in [4.69, 9.17) is 12.2 Å². The van der Waals surface area contributed by atoms with Crippen molar-refractivity contribution in [3.8, 4) is 0 Å². The van der Waals surface area contributed by atoms with Gasteiger partial charge in [-0.2, -0.15) is 0 Å². The van der Waals surface area contributed by atoms with Crippen LogP contribution in [0.5, 0.6) is 0 Å². The second kappa shape index (κ2) is 6.68. The summed E-state index contributed by atoms with van der Waals surface area (Å²) in [7, 11) is 0. The fourth-order valence-corrected chi connectivity index (χ4v) is 0.689. The van der Waals surface area contributed by atoms with E-state index in [9.17, 15) is 4.79 Å². The highest BCUT2D eigenvalue weighted by Gasteiger charge is 1.87. The van der Waals surface area contributed by atoms with Gasteiger partial charge in [0.2, 0.25) is 0 Å². The fourth-order valence-electron chi connectivity index (χ4n) is 0.587. The molecule has 0 atom stereocenters. The van der Waals surface area contributed by atoms with E-state index in [2.05, 4.69) is 5.32 Å². The van der Waals surface area contributed by atoms with Crippen LogP contribution in [0.4, 0.5) is 0 Å². The number of carbonyl (C=O) groups excluding carboxylic acids is 1. The summed E-state index contributed by atoms with van der Waals surface area (Å²) in [6.45, 7) is 2.72. The predicted octanol–water partition coefficient (Wildman–Crippen LogP) is 1.20. The molecule has 0 aromatic heterocycles. The third-order valence-corrected chi connectivity index (χ3v) is 1.22. The minimum absolute atomic E-state index is 0.540. The number of thiocarbonyl (C=S) groups is 1. The van der Waals surface area contributed by atoms with Gasteiger partial charge in [-0.15, -0.1) is 0 Å². The van der Waals surface area contributed by atoms with Gasteiger partial charge in [-0.3, -0.25) is 4.79 Å². The van der Waals surface area contributed by atoms with Crippen molar-refractivity contribution in [3.05, 3.63) is 0 Å². The van der Waals surface area contributed by atoms with Crippen LogP contribution in [0.2, 0.25) is 0 Å². The van der Waals surface area contributed by atoms with Crippen LogP contribution in [0.3, 0.4) is 0 Å². The first-order chi connectivity index (χ1) is 4.77. The average Bonchev–Trinajstić information content (AvgIpc) is 1.87. The van der Waals surface area contributed by atoms with E-state index in [0.29, 0.717) is 6.42 Å². The summed E-state index contributed by atoms with van der Waals surface area (Å²) < 4.78 is 0. The number of unbranched alkanes of at least 4 members (excludes halogenated alkanes) is 2. The highest BCUT2D eigenvalue weighted by atomic mass is 32.1. The lowest BCUT2D eigenvalue weighted by Gasteiger charge is -2.00. The molecule has 3 heteroatoms. The monoisotopic (exact) mass is 158 g/mol. The highest BCUT2D eigenvalue weighted by molar-refractivity contribution is 7.80. The Morgan fingerprint density at radius 2 is 2.30 bits per heavy atom. The Morgan fingerprint density at radius 3 is 2.80 bits per heavy atom. The van der Waals surface area contributed by atoms with Crippen molar-refractivity contribution in [1.82, 2.24) is 5.32 Å². The first kappa shape index (κ1) is 9.56. The molecule has 1 radical (unpaired) electrons. The lowest BCUT2D eigenvalue weighted by atomic mass is 10.2. The van der Waals surface area contributed by atoms with Gasteiger partial charge >= 0.3 is 0 Å². The van der Waals surface area contributed by atoms with Gasteiger partial charge in [0.05, 0.1) is 4.99 Å². The van der Waals surface area contributed by atoms with E-state index in [1.807, 2.05) is 13.2 Å². The lowest BCUT2D eigenvalue weighted by Crippen LogP contribution is -2.18. The number of hydrogen-bond acceptors (Lipinski definition) is 2. The molecule has 10 heavy (non-hydrogen) atoms. The molecule has 57 valence electrons. The Bertz CT molecular complexity index is 114. The molecular formula is C7H12NOS. The second-order valence-electron chi connectivity index (χ2n) is 2.08. The molecule has 0 amide bonds. The van der Waals surface area contributed by atoms with E-state index in [1.165, 1.54) is 0 Å². The molecule has 0 heterocycles. The van der Waals surface area contributed by atoms with Gasteiger partial charge in [0.25, 0.3) is 0 Å². The maximum absolute atomic E-state index is 9.73. The zero-order valence-corrected chi connectivity index (χ0v) is 6.96. The fraction of sp³-hybridized carbons (Fsp3) is 0.714. The predicted molar refractivity (Wildman–Crippen MR) is 45.8 cm³/mol. The summed E-state index contributed by atoms with van der Waals surface area (Å²) in [4.78, 5) is 10.5. The molecule has 0 bridgehead atoms. The molecule has 0 aromatic rings. The largest absolute Gasteiger partial charge is 0.380 e. The number of nitrogens with one attached hydrogen (secondary N) is 1. The standard InChI is InChI=1S/C7H12NOS/c1-7(10)8-5-3-2-4-6-9/h2-5H2,1H3,(H,8,10). The SMILES string of the molecule is CC(=S)NCCCC[C]=O. The average molecular weight is 158 g/mol. The molecule has 0 aliphatic rings. The second-order valence-corrected chi connectivity index (χ2v) is 2.70. The van der Waals surface area contributed by atoms with Crippen molar-refractivity contribution < 1.29 is 4.79 Å². The number of hydrogen-bond donors (Lipinski definition) is 1. The van der Waals surface area contributed by atoms with Crippen molar-refractivity contribution in [1.29, 1.82) is 0 Å². The maximum atomic E-state index is 9.73. The van der Waals surface area contributed by atoms with Crippen LogP contribution in [0, 0.1) is 0 Å². The molecule has 2 nitrogen and oxygen atoms in total. The van der Waals surface area contributed by atoms with E-state index in [-0.39, 0.29) is 0 Å². The lowest BCUT2D eigenvalue weighted by molar-refractivity contribution is 0.546. The van der Waals surface area contributed by atoms with Crippen LogP contribution in [-0.4, -0.2) is 17.8 Å². The van der Waals surface area contributed by atoms with Gasteiger partial charge in [-0.25, -0.2) is 0 Å². The Labute approximate surface area is 67.0 Å². The van der Waals surface area contributed by atoms with Gasteiger partial charge in [0.1, 0.15) is 0 Å². The minimum atomic E-state index is 0.540. The summed E-state index contributed by atoms with van der Waals surface area (Å²) in [6, 6.07) is 0. The molecule has 0 spiro atoms. The Balaban J connectivity index is 2.90. The normalized spacial score (nSPS) is 8.90. The van der Waals surface area contributed by atoms with Crippen LogP contribution in [-0.2, 0) is 4.79 Å². The quantitative estimate of drug-likeness (QED) is 0.481. The van der Waals surface area contributed by atoms with Crippen molar-refractivity contribution in [2.24, 2.45) is 0 Å². The van der Waals surface area contributed by atoms with Gasteiger partial charge < -0.3 is 5.32 Å². The smallest absolute Gasteiger partial charge is 0.198 e. The maximum Gasteiger partial charge on any atom is 0.198 e. The minimum Gasteiger partial charge on any atom is -0.380 e. The molecule has 0 saturated heterocycles. The van der Waals surface area contributed by atoms with Crippen LogP contribution in [0.1, 0.15) is 26.2 Å². The van der Waals surface area contributed by atoms with Gasteiger partial charge in [0, 0.05) is 13.0 Å². The van der Waals surface area contributed by atoms with E-state index in [0.717, 1.165) is 24.4 Å². The summed E-state index contributed by atoms with van der Waals surface area (Å²) in [5.41, 5.74) is 0. The zero-order chi connectivity index (χ0) is 7.82. The molecule has 0 saturated carbocycles. The molecule has 0 aromatic carbocycles. The first-order valence-corrected chi connectivity index (χ1v) is 3.77. The van der Waals surface area contributed by atoms with Crippen LogP contribution < -0.4 is 5.32 Å². The van der Waals surface area contributed by atoms with E-state index >= 15 is 0 Å². The zero-order valence-electron chi connectivity index (χ0n) is 6.14. The van der Waals surface area contributed by atoms with Crippen LogP contribution in [0.25, 0.3) is 0 Å². The van der Waals surface area contributed by atoms with Gasteiger partial charge in [0.15, 0.2) is 6.29 Å². The van der Waals surface area contributed by atoms with E-state index < -0.39 is 0 Å². The molecule has 0 unspecified atom stereocenters. The van der Waals surface area contributed by atoms with Gasteiger partial charge in [-0.05, 0) is 19.8 Å². The topological polar surface area (TPSA) is 29.1 Å². The summed E-state index contributed by atoms with van der Waals surface area (Å²) in [6.07, 6.45) is 4.28. The number of rotatable bonds is 5. The van der Waals surface area contributed by atoms with Gasteiger partial charge in [-0.1, -0.05) is 12.2 Å². The summed E-state index contributed by atoms with van der Waals surface area (Å²) in [5.74, 6) is 0. The van der Waals surface area contributed by atoms with Crippen molar-refractivity contribution >= 4 is 23.5 Å². The van der Waals surface area contributed by atoms with Crippen LogP contribution in [0.15, 0.2) is 0 Å². The molecule has 0 aliphatic carbocycles. The van der Waals surface area contributed by atoms with Crippen LogP contribution >= 0.6 is 12.2 Å². The van der Waals surface area contributed by atoms with Crippen molar-refractivity contribution in [3.63, 3.8) is 0 Å². The van der Waals surface area contributed by atoms with E-state index in [1.54, 1.807) is 0 Å². The van der Waals surface area contributed by atoms with Crippen molar-refractivity contribution in [2.45, 2.75) is 26.2 Å². The molecule has 0 aliphatic heterocycles. The Kier molecular flexibility index (Phi) is 6.38. The summed E-state index contributed by atoms with van der Waals surface area (Å²) in [5, 5.41) is 3.01. The van der Waals surface area contributed by atoms with Crippen molar-refractivity contribution in [2.75, 3.05) is 6.54 Å². The Hall–Kier alpha value is -0.440. The summed E-state index contributed by atoms with van der Waals surface area (Å²) >= 11 is 4.79. The molecule has 0 rings (SSSR count). The molecular weight excluding hydrogens is 146 g/mol.